The van der Waals surface area contributed by atoms with Crippen LogP contribution in [0.25, 0.3) is 0 Å². The van der Waals surface area contributed by atoms with Crippen molar-refractivity contribution in [3.05, 3.63) is 24.5 Å². The second-order valence-electron chi connectivity index (χ2n) is 5.04. The Morgan fingerprint density at radius 3 is 2.67 bits per heavy atom. The van der Waals surface area contributed by atoms with E-state index in [2.05, 4.69) is 15.6 Å². The zero-order chi connectivity index (χ0) is 13.4. The molecule has 0 saturated heterocycles. The predicted molar refractivity (Wildman–Crippen MR) is 71.4 cm³/mol. The lowest BCUT2D eigenvalue weighted by Gasteiger charge is -2.21. The molecule has 0 fully saturated rings. The van der Waals surface area contributed by atoms with E-state index in [1.165, 1.54) is 0 Å². The molecule has 18 heavy (non-hydrogen) atoms. The number of urea groups is 1. The van der Waals surface area contributed by atoms with E-state index in [1.807, 2.05) is 13.8 Å². The maximum atomic E-state index is 11.5. The minimum atomic E-state index is -0.219. The second-order valence-corrected chi connectivity index (χ2v) is 5.04. The van der Waals surface area contributed by atoms with Crippen LogP contribution in [0, 0.1) is 5.41 Å². The number of pyridine rings is 1. The lowest BCUT2D eigenvalue weighted by atomic mass is 9.89. The molecule has 0 atom stereocenters. The number of carbonyl (C=O) groups excluding carboxylic acids is 1. The number of amides is 2. The van der Waals surface area contributed by atoms with Crippen molar-refractivity contribution in [3.8, 4) is 0 Å². The van der Waals surface area contributed by atoms with Crippen molar-refractivity contribution >= 4 is 11.7 Å². The average molecular weight is 251 g/mol. The normalized spacial score (nSPS) is 11.1. The molecule has 0 aliphatic heterocycles. The van der Waals surface area contributed by atoms with Crippen molar-refractivity contribution < 1.29 is 9.90 Å². The van der Waals surface area contributed by atoms with E-state index in [0.29, 0.717) is 6.54 Å². The first-order valence-electron chi connectivity index (χ1n) is 6.09. The molecule has 0 radical (unpaired) electrons. The summed E-state index contributed by atoms with van der Waals surface area (Å²) in [6.45, 7) is 4.77. The molecule has 5 nitrogen and oxygen atoms in total. The van der Waals surface area contributed by atoms with Crippen molar-refractivity contribution in [1.82, 2.24) is 10.3 Å². The van der Waals surface area contributed by atoms with Gasteiger partial charge >= 0.3 is 6.03 Å². The van der Waals surface area contributed by atoms with Gasteiger partial charge in [0.05, 0.1) is 0 Å². The molecule has 3 N–H and O–H groups in total. The highest BCUT2D eigenvalue weighted by Gasteiger charge is 2.15. The molecule has 0 unspecified atom stereocenters. The maximum Gasteiger partial charge on any atom is 0.319 e. The molecule has 0 saturated carbocycles. The maximum absolute atomic E-state index is 11.5. The smallest absolute Gasteiger partial charge is 0.319 e. The number of carbonyl (C=O) groups is 1. The van der Waals surface area contributed by atoms with Crippen LogP contribution in [0.3, 0.4) is 0 Å². The summed E-state index contributed by atoms with van der Waals surface area (Å²) in [5, 5.41) is 14.6. The molecule has 0 spiro atoms. The number of rotatable bonds is 6. The van der Waals surface area contributed by atoms with Gasteiger partial charge in [0.1, 0.15) is 0 Å². The second kappa shape index (κ2) is 6.96. The first-order valence-corrected chi connectivity index (χ1v) is 6.09. The highest BCUT2D eigenvalue weighted by Crippen LogP contribution is 2.20. The Morgan fingerprint density at radius 1 is 1.39 bits per heavy atom. The van der Waals surface area contributed by atoms with Crippen LogP contribution in [-0.2, 0) is 0 Å². The van der Waals surface area contributed by atoms with Crippen LogP contribution in [0.4, 0.5) is 10.5 Å². The molecular weight excluding hydrogens is 230 g/mol. The number of hydrogen-bond acceptors (Lipinski definition) is 3. The minimum Gasteiger partial charge on any atom is -0.396 e. The van der Waals surface area contributed by atoms with Gasteiger partial charge in [-0.05, 0) is 30.4 Å². The van der Waals surface area contributed by atoms with Crippen LogP contribution >= 0.6 is 0 Å². The van der Waals surface area contributed by atoms with Crippen molar-refractivity contribution in [3.63, 3.8) is 0 Å². The molecule has 1 aromatic rings. The van der Waals surface area contributed by atoms with Crippen molar-refractivity contribution in [1.29, 1.82) is 0 Å². The van der Waals surface area contributed by atoms with Crippen LogP contribution in [-0.4, -0.2) is 29.3 Å². The number of aliphatic hydroxyl groups excluding tert-OH is 1. The summed E-state index contributed by atoms with van der Waals surface area (Å²) in [6.07, 6.45) is 4.97. The molecule has 5 heteroatoms. The van der Waals surface area contributed by atoms with Gasteiger partial charge in [-0.1, -0.05) is 13.8 Å². The monoisotopic (exact) mass is 251 g/mol. The molecule has 0 aliphatic carbocycles. The fourth-order valence-electron chi connectivity index (χ4n) is 1.46. The summed E-state index contributed by atoms with van der Waals surface area (Å²) >= 11 is 0. The zero-order valence-electron chi connectivity index (χ0n) is 10.9. The number of aromatic nitrogens is 1. The third-order valence-electron chi connectivity index (χ3n) is 2.68. The van der Waals surface area contributed by atoms with E-state index in [9.17, 15) is 4.79 Å². The van der Waals surface area contributed by atoms with Crippen LogP contribution in [0.5, 0.6) is 0 Å². The Hall–Kier alpha value is -1.62. The predicted octanol–water partition coefficient (Wildman–Crippen LogP) is 2.00. The number of anilines is 1. The third kappa shape index (κ3) is 5.63. The van der Waals surface area contributed by atoms with Crippen molar-refractivity contribution in [2.45, 2.75) is 26.7 Å². The van der Waals surface area contributed by atoms with Gasteiger partial charge in [0.25, 0.3) is 0 Å². The Labute approximate surface area is 108 Å². The fourth-order valence-corrected chi connectivity index (χ4v) is 1.46. The van der Waals surface area contributed by atoms with Gasteiger partial charge in [-0.15, -0.1) is 0 Å². The van der Waals surface area contributed by atoms with Gasteiger partial charge in [-0.25, -0.2) is 4.79 Å². The molecular formula is C13H21N3O2. The number of hydrogen-bond donors (Lipinski definition) is 3. The fraction of sp³-hybridized carbons (Fsp3) is 0.538. The van der Waals surface area contributed by atoms with Gasteiger partial charge in [0, 0.05) is 31.2 Å². The number of aliphatic hydroxyl groups is 1. The minimum absolute atomic E-state index is 0.0801. The molecule has 0 aromatic carbocycles. The van der Waals surface area contributed by atoms with E-state index >= 15 is 0 Å². The summed E-state index contributed by atoms with van der Waals surface area (Å²) in [6, 6.07) is 3.24. The summed E-state index contributed by atoms with van der Waals surface area (Å²) in [4.78, 5) is 15.4. The van der Waals surface area contributed by atoms with Gasteiger partial charge in [-0.2, -0.15) is 0 Å². The molecule has 2 amide bonds. The van der Waals surface area contributed by atoms with E-state index in [4.69, 9.17) is 5.11 Å². The first-order chi connectivity index (χ1) is 8.53. The van der Waals surface area contributed by atoms with E-state index in [-0.39, 0.29) is 18.1 Å². The van der Waals surface area contributed by atoms with Gasteiger partial charge in [0.2, 0.25) is 0 Å². The highest BCUT2D eigenvalue weighted by atomic mass is 16.3. The van der Waals surface area contributed by atoms with Crippen LogP contribution in [0.2, 0.25) is 0 Å². The molecule has 0 bridgehead atoms. The molecule has 100 valence electrons. The molecule has 1 rings (SSSR count). The van der Waals surface area contributed by atoms with Crippen molar-refractivity contribution in [2.75, 3.05) is 18.5 Å². The Morgan fingerprint density at radius 2 is 2.06 bits per heavy atom. The number of nitrogens with one attached hydrogen (secondary N) is 2. The summed E-state index contributed by atoms with van der Waals surface area (Å²) < 4.78 is 0. The van der Waals surface area contributed by atoms with E-state index < -0.39 is 0 Å². The summed E-state index contributed by atoms with van der Waals surface area (Å²) in [5.74, 6) is 0. The van der Waals surface area contributed by atoms with Gasteiger partial charge in [0.15, 0.2) is 0 Å². The average Bonchev–Trinajstić information content (AvgIpc) is 2.36. The first kappa shape index (κ1) is 14.4. The lowest BCUT2D eigenvalue weighted by Crippen LogP contribution is -2.30. The Bertz CT molecular complexity index is 366. The molecule has 1 heterocycles. The summed E-state index contributed by atoms with van der Waals surface area (Å²) in [5.41, 5.74) is 0.640. The van der Waals surface area contributed by atoms with Crippen LogP contribution in [0.15, 0.2) is 24.5 Å². The topological polar surface area (TPSA) is 74.2 Å². The Balaban J connectivity index is 2.18. The standard InChI is InChI=1S/C13H21N3O2/c1-13(2,10-17)6-3-7-15-12(18)16-11-4-8-14-9-5-11/h4-5,8-9,17H,3,6-7,10H2,1-2H3,(H2,14,15,16,18). The molecule has 0 aliphatic rings. The Kier molecular flexibility index (Phi) is 5.58. The van der Waals surface area contributed by atoms with Crippen LogP contribution in [0.1, 0.15) is 26.7 Å². The molecule has 1 aromatic heterocycles. The number of nitrogens with zero attached hydrogens (tertiary/aromatic N) is 1. The van der Waals surface area contributed by atoms with Gasteiger partial charge in [-0.3, -0.25) is 4.98 Å². The van der Waals surface area contributed by atoms with Gasteiger partial charge < -0.3 is 15.7 Å². The third-order valence-corrected chi connectivity index (χ3v) is 2.68. The van der Waals surface area contributed by atoms with Crippen LogP contribution < -0.4 is 10.6 Å². The summed E-state index contributed by atoms with van der Waals surface area (Å²) in [7, 11) is 0. The highest BCUT2D eigenvalue weighted by molar-refractivity contribution is 5.88. The largest absolute Gasteiger partial charge is 0.396 e. The quantitative estimate of drug-likeness (QED) is 0.677. The zero-order valence-corrected chi connectivity index (χ0v) is 10.9. The van der Waals surface area contributed by atoms with Crippen molar-refractivity contribution in [2.24, 2.45) is 5.41 Å². The SMILES string of the molecule is CC(C)(CO)CCCNC(=O)Nc1ccncc1. The van der Waals surface area contributed by atoms with E-state index in [1.54, 1.807) is 24.5 Å². The van der Waals surface area contributed by atoms with E-state index in [0.717, 1.165) is 18.5 Å². The lowest BCUT2D eigenvalue weighted by molar-refractivity contribution is 0.148.